The Balaban J connectivity index is 1.36. The summed E-state index contributed by atoms with van der Waals surface area (Å²) in [7, 11) is 1.58. The molecule has 2 aliphatic heterocycles. The number of carbonyl (C=O) groups is 3. The smallest absolute Gasteiger partial charge is 0.241 e. The van der Waals surface area contributed by atoms with E-state index in [-0.39, 0.29) is 42.4 Å². The van der Waals surface area contributed by atoms with Gasteiger partial charge in [0.25, 0.3) is 0 Å². The maximum Gasteiger partial charge on any atom is 0.241 e. The summed E-state index contributed by atoms with van der Waals surface area (Å²) in [5.41, 5.74) is 0.508. The fourth-order valence-electron chi connectivity index (χ4n) is 5.92. The van der Waals surface area contributed by atoms with Crippen molar-refractivity contribution in [3.8, 4) is 11.5 Å². The number of likely N-dealkylation sites (tertiary alicyclic amines) is 1. The van der Waals surface area contributed by atoms with E-state index in [1.54, 1.807) is 36.3 Å². The highest BCUT2D eigenvalue weighted by atomic mass is 16.5. The first-order chi connectivity index (χ1) is 17.4. The molecule has 1 aliphatic carbocycles. The van der Waals surface area contributed by atoms with Gasteiger partial charge in [0.1, 0.15) is 11.5 Å². The first-order valence-corrected chi connectivity index (χ1v) is 12.7. The van der Waals surface area contributed by atoms with Crippen molar-refractivity contribution in [2.24, 2.45) is 0 Å². The van der Waals surface area contributed by atoms with Crippen LogP contribution in [0.5, 0.6) is 11.5 Å². The number of amides is 3. The van der Waals surface area contributed by atoms with Gasteiger partial charge in [-0.25, -0.2) is 0 Å². The predicted octanol–water partition coefficient (Wildman–Crippen LogP) is 3.08. The van der Waals surface area contributed by atoms with Crippen LogP contribution in [-0.2, 0) is 19.8 Å². The number of nitrogens with zero attached hydrogens (tertiary/aromatic N) is 3. The summed E-state index contributed by atoms with van der Waals surface area (Å²) in [6.07, 6.45) is 3.70. The zero-order chi connectivity index (χ0) is 25.3. The van der Waals surface area contributed by atoms with E-state index in [1.807, 2.05) is 24.3 Å². The molecule has 0 unspecified atom stereocenters. The van der Waals surface area contributed by atoms with E-state index in [1.165, 1.54) is 4.90 Å². The molecule has 5 rings (SSSR count). The maximum atomic E-state index is 13.9. The fourth-order valence-corrected chi connectivity index (χ4v) is 5.92. The van der Waals surface area contributed by atoms with Crippen molar-refractivity contribution in [1.29, 1.82) is 0 Å². The normalized spacial score (nSPS) is 23.0. The van der Waals surface area contributed by atoms with Gasteiger partial charge in [-0.1, -0.05) is 25.0 Å². The van der Waals surface area contributed by atoms with Gasteiger partial charge in [0.2, 0.25) is 17.7 Å². The lowest BCUT2D eigenvalue weighted by Crippen LogP contribution is -2.51. The fraction of sp³-hybridized carbons (Fsp3) is 0.464. The molecular weight excluding hydrogens is 458 g/mol. The molecular formula is C28H33N3O5. The molecule has 8 heteroatoms. The maximum absolute atomic E-state index is 13.9. The summed E-state index contributed by atoms with van der Waals surface area (Å²) in [4.78, 5) is 46.2. The molecule has 0 spiro atoms. The number of rotatable bonds is 6. The molecule has 2 saturated heterocycles. The van der Waals surface area contributed by atoms with Crippen molar-refractivity contribution in [3.05, 3.63) is 54.1 Å². The van der Waals surface area contributed by atoms with E-state index in [4.69, 9.17) is 4.74 Å². The summed E-state index contributed by atoms with van der Waals surface area (Å²) >= 11 is 0. The Morgan fingerprint density at radius 2 is 1.61 bits per heavy atom. The number of anilines is 1. The molecule has 0 bridgehead atoms. The molecule has 3 aliphatic rings. The highest BCUT2D eigenvalue weighted by Gasteiger charge is 2.56. The number of carbonyl (C=O) groups excluding carboxylic acids is 3. The molecule has 1 saturated carbocycles. The lowest BCUT2D eigenvalue weighted by atomic mass is 9.75. The second-order valence-electron chi connectivity index (χ2n) is 10.1. The largest absolute Gasteiger partial charge is 0.508 e. The van der Waals surface area contributed by atoms with E-state index >= 15 is 0 Å². The van der Waals surface area contributed by atoms with E-state index in [0.29, 0.717) is 37.5 Å². The number of piperazine rings is 1. The van der Waals surface area contributed by atoms with Gasteiger partial charge in [-0.3, -0.25) is 19.3 Å². The number of aromatic hydroxyl groups is 1. The summed E-state index contributed by atoms with van der Waals surface area (Å²) in [6, 6.07) is 14.2. The zero-order valence-corrected chi connectivity index (χ0v) is 20.7. The third-order valence-corrected chi connectivity index (χ3v) is 7.98. The Hall–Kier alpha value is -3.55. The van der Waals surface area contributed by atoms with Crippen LogP contribution in [0.15, 0.2) is 48.5 Å². The number of hydrogen-bond donors (Lipinski definition) is 1. The number of imide groups is 1. The summed E-state index contributed by atoms with van der Waals surface area (Å²) in [6.45, 7) is 2.39. The molecule has 2 aromatic rings. The molecule has 0 aromatic heterocycles. The van der Waals surface area contributed by atoms with Crippen LogP contribution < -0.4 is 9.64 Å². The Kier molecular flexibility index (Phi) is 6.60. The van der Waals surface area contributed by atoms with E-state index < -0.39 is 5.41 Å². The number of phenols is 1. The van der Waals surface area contributed by atoms with Crippen molar-refractivity contribution in [1.82, 2.24) is 9.80 Å². The van der Waals surface area contributed by atoms with Crippen LogP contribution in [-0.4, -0.2) is 72.0 Å². The SMILES string of the molecule is COc1ccc([C@]2(CC(=O)N3CCN(c4ccc(O)cc4)CC3)CC(=O)N(C3CCCC3)C2=O)cc1. The van der Waals surface area contributed by atoms with Crippen LogP contribution in [0.2, 0.25) is 0 Å². The second-order valence-corrected chi connectivity index (χ2v) is 10.1. The zero-order valence-electron chi connectivity index (χ0n) is 20.7. The highest BCUT2D eigenvalue weighted by Crippen LogP contribution is 2.43. The summed E-state index contributed by atoms with van der Waals surface area (Å²) in [5, 5.41) is 9.55. The average molecular weight is 492 g/mol. The third kappa shape index (κ3) is 4.40. The predicted molar refractivity (Wildman–Crippen MR) is 135 cm³/mol. The first kappa shape index (κ1) is 24.2. The third-order valence-electron chi connectivity index (χ3n) is 7.98. The van der Waals surface area contributed by atoms with Gasteiger partial charge in [0.05, 0.1) is 12.5 Å². The van der Waals surface area contributed by atoms with Gasteiger partial charge < -0.3 is 19.6 Å². The lowest BCUT2D eigenvalue weighted by Gasteiger charge is -2.38. The molecule has 190 valence electrons. The van der Waals surface area contributed by atoms with Gasteiger partial charge in [-0.15, -0.1) is 0 Å². The average Bonchev–Trinajstić information content (AvgIpc) is 3.51. The molecule has 1 N–H and O–H groups in total. The van der Waals surface area contributed by atoms with Crippen molar-refractivity contribution in [2.75, 3.05) is 38.2 Å². The number of methoxy groups -OCH3 is 1. The Morgan fingerprint density at radius 3 is 2.22 bits per heavy atom. The van der Waals surface area contributed by atoms with Gasteiger partial charge in [-0.2, -0.15) is 0 Å². The van der Waals surface area contributed by atoms with Gasteiger partial charge in [0.15, 0.2) is 0 Å². The number of ether oxygens (including phenoxy) is 1. The Bertz CT molecular complexity index is 1120. The standard InChI is InChI=1S/C28H33N3O5/c1-36-24-12-6-20(7-13-24)28(19-26(34)31(27(28)35)22-4-2-3-5-22)18-25(33)30-16-14-29(15-17-30)21-8-10-23(32)11-9-21/h6-13,22,32H,2-5,14-19H2,1H3/t28-/m0/s1. The number of phenolic OH excluding ortho intramolecular Hbond substituents is 1. The number of benzene rings is 2. The molecule has 36 heavy (non-hydrogen) atoms. The minimum atomic E-state index is -1.18. The van der Waals surface area contributed by atoms with Crippen molar-refractivity contribution in [3.63, 3.8) is 0 Å². The molecule has 0 radical (unpaired) electrons. The first-order valence-electron chi connectivity index (χ1n) is 12.7. The van der Waals surface area contributed by atoms with E-state index in [2.05, 4.69) is 4.90 Å². The summed E-state index contributed by atoms with van der Waals surface area (Å²) in [5.74, 6) is 0.368. The van der Waals surface area contributed by atoms with Crippen LogP contribution in [0.1, 0.15) is 44.1 Å². The van der Waals surface area contributed by atoms with Crippen LogP contribution >= 0.6 is 0 Å². The van der Waals surface area contributed by atoms with Crippen LogP contribution in [0, 0.1) is 0 Å². The van der Waals surface area contributed by atoms with Gasteiger partial charge in [-0.05, 0) is 54.8 Å². The van der Waals surface area contributed by atoms with E-state index in [9.17, 15) is 19.5 Å². The van der Waals surface area contributed by atoms with Crippen LogP contribution in [0.4, 0.5) is 5.69 Å². The molecule has 3 amide bonds. The lowest BCUT2D eigenvalue weighted by molar-refractivity contribution is -0.144. The van der Waals surface area contributed by atoms with Crippen LogP contribution in [0.3, 0.4) is 0 Å². The minimum absolute atomic E-state index is 0.0215. The molecule has 2 aromatic carbocycles. The second kappa shape index (κ2) is 9.84. The minimum Gasteiger partial charge on any atom is -0.508 e. The van der Waals surface area contributed by atoms with Gasteiger partial charge in [0, 0.05) is 50.7 Å². The molecule has 1 atom stereocenters. The highest BCUT2D eigenvalue weighted by molar-refractivity contribution is 6.11. The molecule has 8 nitrogen and oxygen atoms in total. The van der Waals surface area contributed by atoms with Crippen molar-refractivity contribution in [2.45, 2.75) is 50.0 Å². The Morgan fingerprint density at radius 1 is 0.972 bits per heavy atom. The van der Waals surface area contributed by atoms with Crippen molar-refractivity contribution < 1.29 is 24.2 Å². The van der Waals surface area contributed by atoms with E-state index in [0.717, 1.165) is 31.4 Å². The van der Waals surface area contributed by atoms with Gasteiger partial charge >= 0.3 is 0 Å². The molecule has 2 heterocycles. The number of hydrogen-bond acceptors (Lipinski definition) is 6. The van der Waals surface area contributed by atoms with Crippen LogP contribution in [0.25, 0.3) is 0 Å². The Labute approximate surface area is 211 Å². The summed E-state index contributed by atoms with van der Waals surface area (Å²) < 4.78 is 5.29. The quantitative estimate of drug-likeness (QED) is 0.625. The molecule has 3 fully saturated rings. The topological polar surface area (TPSA) is 90.4 Å². The monoisotopic (exact) mass is 491 g/mol. The van der Waals surface area contributed by atoms with Crippen molar-refractivity contribution >= 4 is 23.4 Å².